The van der Waals surface area contributed by atoms with Gasteiger partial charge in [0.2, 0.25) is 0 Å². The number of ether oxygens (including phenoxy) is 1. The van der Waals surface area contributed by atoms with Crippen molar-refractivity contribution < 1.29 is 29.6 Å². The van der Waals surface area contributed by atoms with Crippen LogP contribution in [-0.2, 0) is 4.79 Å². The fourth-order valence-electron chi connectivity index (χ4n) is 1.31. The maximum absolute atomic E-state index is 10.6. The van der Waals surface area contributed by atoms with Gasteiger partial charge in [0.1, 0.15) is 11.3 Å². The molecule has 1 aromatic carbocycles. The van der Waals surface area contributed by atoms with Crippen molar-refractivity contribution >= 4 is 11.9 Å². The molecule has 0 heterocycles. The van der Waals surface area contributed by atoms with Gasteiger partial charge in [-0.3, -0.25) is 4.79 Å². The van der Waals surface area contributed by atoms with E-state index in [1.807, 2.05) is 6.92 Å². The van der Waals surface area contributed by atoms with Crippen molar-refractivity contribution in [3.63, 3.8) is 0 Å². The normalized spacial score (nSPS) is 11.0. The zero-order chi connectivity index (χ0) is 15.5. The van der Waals surface area contributed by atoms with Crippen LogP contribution in [0.2, 0.25) is 0 Å². The predicted molar refractivity (Wildman–Crippen MR) is 72.7 cm³/mol. The third-order valence-electron chi connectivity index (χ3n) is 2.20. The zero-order valence-corrected chi connectivity index (χ0v) is 11.6. The molecule has 3 N–H and O–H groups in total. The van der Waals surface area contributed by atoms with E-state index in [0.29, 0.717) is 6.42 Å². The van der Waals surface area contributed by atoms with Gasteiger partial charge < -0.3 is 20.1 Å². The second-order valence-corrected chi connectivity index (χ2v) is 4.02. The Morgan fingerprint density at radius 2 is 1.90 bits per heavy atom. The summed E-state index contributed by atoms with van der Waals surface area (Å²) in [5.41, 5.74) is -0.0160. The van der Waals surface area contributed by atoms with Crippen molar-refractivity contribution in [1.82, 2.24) is 0 Å². The van der Waals surface area contributed by atoms with Crippen molar-refractivity contribution in [2.75, 3.05) is 6.61 Å². The minimum atomic E-state index is -1.11. The lowest BCUT2D eigenvalue weighted by Gasteiger charge is -2.03. The summed E-state index contributed by atoms with van der Waals surface area (Å²) in [6.45, 7) is 3.09. The number of hydrogen-bond donors (Lipinski definition) is 3. The van der Waals surface area contributed by atoms with E-state index < -0.39 is 18.0 Å². The van der Waals surface area contributed by atoms with E-state index in [9.17, 15) is 9.59 Å². The van der Waals surface area contributed by atoms with Crippen LogP contribution in [0.5, 0.6) is 5.75 Å². The molecule has 0 fully saturated rings. The molecule has 0 aliphatic rings. The maximum atomic E-state index is 10.6. The van der Waals surface area contributed by atoms with Gasteiger partial charge in [-0.1, -0.05) is 25.5 Å². The molecule has 0 spiro atoms. The highest BCUT2D eigenvalue weighted by Gasteiger charge is 2.10. The Morgan fingerprint density at radius 1 is 1.30 bits per heavy atom. The van der Waals surface area contributed by atoms with Gasteiger partial charge in [-0.15, -0.1) is 0 Å². The summed E-state index contributed by atoms with van der Waals surface area (Å²) in [5.74, 6) is -1.58. The summed E-state index contributed by atoms with van der Waals surface area (Å²) < 4.78 is 4.69. The summed E-state index contributed by atoms with van der Waals surface area (Å²) in [4.78, 5) is 21.2. The summed E-state index contributed by atoms with van der Waals surface area (Å²) in [6.07, 6.45) is 1.14. The van der Waals surface area contributed by atoms with Gasteiger partial charge in [0, 0.05) is 6.92 Å². The summed E-state index contributed by atoms with van der Waals surface area (Å²) in [6, 6.07) is 5.98. The SMILES string of the molecule is CC(=O)Oc1ccccc1C(=O)O.CCC[C@H](O)CO. The molecule has 0 unspecified atom stereocenters. The fourth-order valence-corrected chi connectivity index (χ4v) is 1.31. The number of esters is 1. The van der Waals surface area contributed by atoms with Gasteiger partial charge in [0.05, 0.1) is 12.7 Å². The van der Waals surface area contributed by atoms with Crippen molar-refractivity contribution in [3.05, 3.63) is 29.8 Å². The highest BCUT2D eigenvalue weighted by atomic mass is 16.5. The first kappa shape index (κ1) is 18.1. The molecule has 6 nitrogen and oxygen atoms in total. The molecule has 1 atom stereocenters. The van der Waals surface area contributed by atoms with Gasteiger partial charge in [0.15, 0.2) is 0 Å². The maximum Gasteiger partial charge on any atom is 0.339 e. The molecule has 0 aromatic heterocycles. The number of hydrogen-bond acceptors (Lipinski definition) is 5. The molecule has 1 aromatic rings. The molecule has 6 heteroatoms. The lowest BCUT2D eigenvalue weighted by molar-refractivity contribution is -0.131. The third kappa shape index (κ3) is 7.50. The first-order valence-electron chi connectivity index (χ1n) is 6.22. The van der Waals surface area contributed by atoms with Crippen molar-refractivity contribution in [2.24, 2.45) is 0 Å². The van der Waals surface area contributed by atoms with Crippen LogP contribution in [0.4, 0.5) is 0 Å². The number of aromatic carboxylic acids is 1. The third-order valence-corrected chi connectivity index (χ3v) is 2.20. The Morgan fingerprint density at radius 3 is 2.30 bits per heavy atom. The second kappa shape index (κ2) is 9.94. The number of carboxylic acids is 1. The molecule has 112 valence electrons. The van der Waals surface area contributed by atoms with E-state index in [1.165, 1.54) is 19.1 Å². The molecule has 0 saturated heterocycles. The van der Waals surface area contributed by atoms with Crippen LogP contribution in [0.1, 0.15) is 37.0 Å². The monoisotopic (exact) mass is 284 g/mol. The van der Waals surface area contributed by atoms with Crippen LogP contribution in [0.15, 0.2) is 24.3 Å². The minimum absolute atomic E-state index is 0.0160. The highest BCUT2D eigenvalue weighted by molar-refractivity contribution is 5.91. The van der Waals surface area contributed by atoms with Crippen LogP contribution in [0, 0.1) is 0 Å². The summed E-state index contributed by atoms with van der Waals surface area (Å²) in [7, 11) is 0. The molecule has 0 aliphatic carbocycles. The molecule has 0 radical (unpaired) electrons. The Hall–Kier alpha value is -1.92. The van der Waals surface area contributed by atoms with E-state index in [2.05, 4.69) is 4.74 Å². The molecule has 0 amide bonds. The van der Waals surface area contributed by atoms with Crippen molar-refractivity contribution in [1.29, 1.82) is 0 Å². The van der Waals surface area contributed by atoms with Gasteiger partial charge >= 0.3 is 11.9 Å². The zero-order valence-electron chi connectivity index (χ0n) is 11.6. The van der Waals surface area contributed by atoms with E-state index in [-0.39, 0.29) is 17.9 Å². The lowest BCUT2D eigenvalue weighted by Crippen LogP contribution is -2.10. The van der Waals surface area contributed by atoms with Crippen molar-refractivity contribution in [3.8, 4) is 5.75 Å². The minimum Gasteiger partial charge on any atom is -0.478 e. The Balaban J connectivity index is 0.000000441. The summed E-state index contributed by atoms with van der Waals surface area (Å²) >= 11 is 0. The van der Waals surface area contributed by atoms with Gasteiger partial charge in [-0.05, 0) is 18.6 Å². The quantitative estimate of drug-likeness (QED) is 0.558. The first-order valence-corrected chi connectivity index (χ1v) is 6.22. The second-order valence-electron chi connectivity index (χ2n) is 4.02. The van der Waals surface area contributed by atoms with Crippen molar-refractivity contribution in [2.45, 2.75) is 32.8 Å². The molecule has 20 heavy (non-hydrogen) atoms. The van der Waals surface area contributed by atoms with E-state index >= 15 is 0 Å². The number of aliphatic hydroxyl groups excluding tert-OH is 2. The Kier molecular flexibility index (Phi) is 8.98. The molecular weight excluding hydrogens is 264 g/mol. The van der Waals surface area contributed by atoms with E-state index in [1.54, 1.807) is 12.1 Å². The summed E-state index contributed by atoms with van der Waals surface area (Å²) in [5, 5.41) is 25.5. The van der Waals surface area contributed by atoms with Gasteiger partial charge in [-0.2, -0.15) is 0 Å². The number of para-hydroxylation sites is 1. The predicted octanol–water partition coefficient (Wildman–Crippen LogP) is 1.45. The number of benzene rings is 1. The average Bonchev–Trinajstić information content (AvgIpc) is 2.39. The molecule has 0 bridgehead atoms. The number of carbonyl (C=O) groups excluding carboxylic acids is 1. The number of rotatable bonds is 5. The topological polar surface area (TPSA) is 104 Å². The number of carbonyl (C=O) groups is 2. The largest absolute Gasteiger partial charge is 0.478 e. The van der Waals surface area contributed by atoms with Crippen LogP contribution in [0.25, 0.3) is 0 Å². The van der Waals surface area contributed by atoms with Gasteiger partial charge in [0.25, 0.3) is 0 Å². The Labute approximate surface area is 117 Å². The smallest absolute Gasteiger partial charge is 0.339 e. The van der Waals surface area contributed by atoms with Gasteiger partial charge in [-0.25, -0.2) is 4.79 Å². The molecule has 1 rings (SSSR count). The molecule has 0 saturated carbocycles. The number of carboxylic acid groups (broad SMARTS) is 1. The first-order chi connectivity index (χ1) is 9.42. The van der Waals surface area contributed by atoms with Crippen LogP contribution < -0.4 is 4.74 Å². The average molecular weight is 284 g/mol. The highest BCUT2D eigenvalue weighted by Crippen LogP contribution is 2.17. The number of aliphatic hydroxyl groups is 2. The lowest BCUT2D eigenvalue weighted by atomic mass is 10.2. The standard InChI is InChI=1S/C9H8O4.C5H12O2/c1-6(10)13-8-5-3-2-4-7(8)9(11)12;1-2-3-5(7)4-6/h2-5H,1H3,(H,11,12);5-7H,2-4H2,1H3/t;5-/m.0/s1. The van der Waals surface area contributed by atoms with Crippen LogP contribution in [0.3, 0.4) is 0 Å². The van der Waals surface area contributed by atoms with E-state index in [4.69, 9.17) is 15.3 Å². The molecule has 0 aliphatic heterocycles. The van der Waals surface area contributed by atoms with E-state index in [0.717, 1.165) is 6.42 Å². The Bertz CT molecular complexity index is 429. The molecular formula is C14H20O6. The van der Waals surface area contributed by atoms with Crippen LogP contribution in [-0.4, -0.2) is 40.0 Å². The van der Waals surface area contributed by atoms with Crippen LogP contribution >= 0.6 is 0 Å². The fraction of sp³-hybridized carbons (Fsp3) is 0.429.